The van der Waals surface area contributed by atoms with E-state index >= 15 is 0 Å². The maximum Gasteiger partial charge on any atom is 1.00 e. The zero-order valence-corrected chi connectivity index (χ0v) is 35.2. The number of Topliss-reactive ketones (excluding diaryl/α,β-unsaturated/α-hetero) is 1. The Morgan fingerprint density at radius 1 is 0.700 bits per heavy atom. The fourth-order valence-corrected chi connectivity index (χ4v) is 5.41. The maximum atomic E-state index is 10.8. The van der Waals surface area contributed by atoms with Gasteiger partial charge in [-0.15, -0.1) is 0 Å². The largest absolute Gasteiger partial charge is 1.00 e. The number of nitrogens with zero attached hydrogens (tertiary/aromatic N) is 2. The maximum absolute atomic E-state index is 10.8. The average Bonchev–Trinajstić information content (AvgIpc) is 3.10. The third-order valence-corrected chi connectivity index (χ3v) is 7.82. The topological polar surface area (TPSA) is 140 Å². The van der Waals surface area contributed by atoms with Crippen molar-refractivity contribution in [2.45, 2.75) is 117 Å². The van der Waals surface area contributed by atoms with Crippen LogP contribution in [0.4, 0.5) is 11.4 Å². The Morgan fingerprint density at radius 2 is 1.06 bits per heavy atom. The third-order valence-electron chi connectivity index (χ3n) is 7.82. The van der Waals surface area contributed by atoms with Crippen molar-refractivity contribution in [2.24, 2.45) is 0 Å². The first-order chi connectivity index (χ1) is 22.9. The van der Waals surface area contributed by atoms with E-state index in [1.165, 1.54) is 38.3 Å². The van der Waals surface area contributed by atoms with Crippen molar-refractivity contribution in [3.05, 3.63) is 60.7 Å². The average molecular weight is 798 g/mol. The van der Waals surface area contributed by atoms with E-state index < -0.39 is 17.9 Å². The standard InChI is InChI=1S/C13H18N2.C7H11NO.C6H7N.C4H6O4.C2H3BO2.2C2H6.Na.Pd/c1-15-12-7-11(8-13(15)9-12)14-10-5-3-2-4-6-10;1-8-5-2-6(8)4-7(9)3-5;7-6-4-2-1-3-5-6;1-3(5)7-8-4(2)6;1-2(4)5-3;2*1-2;;/h2-6,11-14H,7-9H2,1H3;5-6H,2-4H2,1H3;1-5H,7H2;1-2H3;1H3;2*1-2H3;;/q;;;;-1;;;+1;. The van der Waals surface area contributed by atoms with Crippen LogP contribution in [0, 0.1) is 0 Å². The molecule has 4 bridgehead atoms. The first kappa shape index (κ1) is 52.1. The molecule has 6 aliphatic rings. The summed E-state index contributed by atoms with van der Waals surface area (Å²) in [5, 5.41) is 3.64. The molecule has 3 N–H and O–H groups in total. The van der Waals surface area contributed by atoms with Gasteiger partial charge in [-0.1, -0.05) is 64.1 Å². The number of carbonyl (C=O) groups is 4. The second-order valence-electron chi connectivity index (χ2n) is 11.2. The number of hydrogen-bond donors (Lipinski definition) is 2. The molecule has 6 fully saturated rings. The summed E-state index contributed by atoms with van der Waals surface area (Å²) in [7, 11) is 8.70. The van der Waals surface area contributed by atoms with E-state index in [1.807, 2.05) is 58.0 Å². The number of para-hydroxylation sites is 2. The number of piperidine rings is 2. The van der Waals surface area contributed by atoms with Crippen LogP contribution in [0.25, 0.3) is 0 Å². The van der Waals surface area contributed by atoms with Gasteiger partial charge in [0.2, 0.25) is 5.97 Å². The Hall–Kier alpha value is -2.23. The number of benzene rings is 2. The molecule has 11 nitrogen and oxygen atoms in total. The molecular weight excluding hydrogens is 741 g/mol. The van der Waals surface area contributed by atoms with Crippen LogP contribution in [-0.4, -0.2) is 85.8 Å². The molecule has 14 heteroatoms. The summed E-state index contributed by atoms with van der Waals surface area (Å²) >= 11 is 0. The number of fused-ring (bicyclic) bond motifs is 4. The summed E-state index contributed by atoms with van der Waals surface area (Å²) in [4.78, 5) is 52.5. The predicted octanol–water partition coefficient (Wildman–Crippen LogP) is 2.74. The van der Waals surface area contributed by atoms with Crippen LogP contribution in [0.2, 0.25) is 0 Å². The second kappa shape index (κ2) is 30.4. The minimum Gasteiger partial charge on any atom is -0.793 e. The normalized spacial score (nSPS) is 21.4. The number of carbonyl (C=O) groups excluding carboxylic acids is 4. The number of nitrogens with one attached hydrogen (secondary N) is 1. The van der Waals surface area contributed by atoms with E-state index in [2.05, 4.69) is 82.0 Å². The minimum absolute atomic E-state index is 0. The van der Waals surface area contributed by atoms with Gasteiger partial charge in [0.1, 0.15) is 5.78 Å². The Morgan fingerprint density at radius 3 is 1.34 bits per heavy atom. The fraction of sp³-hybridized carbons (Fsp3) is 0.556. The summed E-state index contributed by atoms with van der Waals surface area (Å²) < 4.78 is 3.61. The van der Waals surface area contributed by atoms with Gasteiger partial charge in [0.15, 0.2) is 0 Å². The smallest absolute Gasteiger partial charge is 0.793 e. The Kier molecular flexibility index (Phi) is 31.7. The molecule has 2 aromatic carbocycles. The molecule has 277 valence electrons. The van der Waals surface area contributed by atoms with Gasteiger partial charge in [-0.05, 0) is 64.0 Å². The molecule has 4 heterocycles. The summed E-state index contributed by atoms with van der Waals surface area (Å²) in [6, 6.07) is 23.6. The minimum atomic E-state index is -0.639. The molecule has 4 saturated heterocycles. The van der Waals surface area contributed by atoms with E-state index in [9.17, 15) is 19.2 Å². The Bertz CT molecular complexity index is 1160. The third kappa shape index (κ3) is 21.9. The zero-order chi connectivity index (χ0) is 36.6. The molecule has 4 unspecified atom stereocenters. The van der Waals surface area contributed by atoms with Gasteiger partial charge in [0, 0.05) is 95.6 Å². The van der Waals surface area contributed by atoms with E-state index in [4.69, 9.17) is 5.73 Å². The molecule has 8 rings (SSSR count). The number of hydrogen-bond acceptors (Lipinski definition) is 11. The van der Waals surface area contributed by atoms with Crippen LogP contribution in [0.3, 0.4) is 0 Å². The first-order valence-electron chi connectivity index (χ1n) is 16.7. The molecule has 4 atom stereocenters. The van der Waals surface area contributed by atoms with Crippen LogP contribution >= 0.6 is 0 Å². The summed E-state index contributed by atoms with van der Waals surface area (Å²) in [6.45, 7) is 11.5. The van der Waals surface area contributed by atoms with Gasteiger partial charge in [0.25, 0.3) is 0 Å². The van der Waals surface area contributed by atoms with Crippen LogP contribution in [0.1, 0.15) is 87.0 Å². The van der Waals surface area contributed by atoms with Gasteiger partial charge in [-0.25, -0.2) is 19.4 Å². The molecule has 50 heavy (non-hydrogen) atoms. The van der Waals surface area contributed by atoms with E-state index in [1.54, 1.807) is 0 Å². The van der Waals surface area contributed by atoms with Crippen molar-refractivity contribution in [2.75, 3.05) is 25.1 Å². The summed E-state index contributed by atoms with van der Waals surface area (Å²) in [5.74, 6) is -1.28. The molecule has 2 aromatic rings. The molecule has 2 aliphatic carbocycles. The molecular formula is C36H57BN4NaO7Pd. The van der Waals surface area contributed by atoms with Crippen LogP contribution in [0.15, 0.2) is 60.7 Å². The van der Waals surface area contributed by atoms with Gasteiger partial charge in [0.05, 0.1) is 0 Å². The van der Waals surface area contributed by atoms with Crippen molar-refractivity contribution >= 4 is 43.1 Å². The number of ketones is 1. The van der Waals surface area contributed by atoms with Crippen LogP contribution in [-0.2, 0) is 54.0 Å². The molecule has 0 amide bonds. The van der Waals surface area contributed by atoms with Crippen molar-refractivity contribution in [1.82, 2.24) is 9.80 Å². The SMILES string of the molecule is CC.CC.CC(=O)OOC(C)=O.CN1C2CC(=O)CC1C2.CN1C2CC(Nc3ccccc3)CC1C2.Nc1ccccc1.[B-]OC(C)=O.[Na+].[Pd]. The number of rotatable bonds is 2. The molecule has 4 aliphatic heterocycles. The van der Waals surface area contributed by atoms with Gasteiger partial charge < -0.3 is 28.7 Å². The van der Waals surface area contributed by atoms with Crippen molar-refractivity contribution in [1.29, 1.82) is 0 Å². The van der Waals surface area contributed by atoms with Gasteiger partial charge in [-0.2, -0.15) is 0 Å². The Labute approximate surface area is 337 Å². The predicted molar refractivity (Wildman–Crippen MR) is 192 cm³/mol. The second-order valence-corrected chi connectivity index (χ2v) is 11.2. The fourth-order valence-electron chi connectivity index (χ4n) is 5.41. The van der Waals surface area contributed by atoms with Gasteiger partial charge >= 0.3 is 41.5 Å². The van der Waals surface area contributed by atoms with Crippen molar-refractivity contribution < 1.29 is 83.6 Å². The van der Waals surface area contributed by atoms with E-state index in [0.29, 0.717) is 23.9 Å². The van der Waals surface area contributed by atoms with E-state index in [-0.39, 0.29) is 50.0 Å². The quantitative estimate of drug-likeness (QED) is 0.201. The molecule has 3 radical (unpaired) electrons. The van der Waals surface area contributed by atoms with Crippen molar-refractivity contribution in [3.63, 3.8) is 0 Å². The monoisotopic (exact) mass is 797 g/mol. The summed E-state index contributed by atoms with van der Waals surface area (Å²) in [6.07, 6.45) is 6.93. The molecule has 2 saturated carbocycles. The van der Waals surface area contributed by atoms with Crippen LogP contribution < -0.4 is 40.6 Å². The molecule has 0 aromatic heterocycles. The Balaban J connectivity index is -0.000000559. The summed E-state index contributed by atoms with van der Waals surface area (Å²) in [5.41, 5.74) is 7.45. The van der Waals surface area contributed by atoms with Crippen LogP contribution in [0.5, 0.6) is 0 Å². The number of nitrogens with two attached hydrogens (primary N) is 1. The number of anilines is 2. The van der Waals surface area contributed by atoms with E-state index in [0.717, 1.165) is 44.5 Å². The zero-order valence-electron chi connectivity index (χ0n) is 31.6. The molecule has 0 spiro atoms. The van der Waals surface area contributed by atoms with Gasteiger partial charge in [-0.3, -0.25) is 14.5 Å². The number of nitrogen functional groups attached to an aromatic ring is 1. The first-order valence-corrected chi connectivity index (χ1v) is 16.7. The van der Waals surface area contributed by atoms with Crippen molar-refractivity contribution in [3.8, 4) is 0 Å².